The van der Waals surface area contributed by atoms with Gasteiger partial charge in [0.15, 0.2) is 0 Å². The SMILES string of the molecule is COc1ccc(CNC(=O)C(C)(C)n2cc(-c3nc(C)cnc3C)cn2)cc1. The lowest BCUT2D eigenvalue weighted by molar-refractivity contribution is -0.129. The molecule has 0 saturated heterocycles. The average Bonchev–Trinajstić information content (AvgIpc) is 3.19. The summed E-state index contributed by atoms with van der Waals surface area (Å²) in [5.74, 6) is 0.666. The van der Waals surface area contributed by atoms with Gasteiger partial charge in [-0.2, -0.15) is 5.10 Å². The highest BCUT2D eigenvalue weighted by Gasteiger charge is 2.30. The van der Waals surface area contributed by atoms with E-state index < -0.39 is 5.54 Å². The third kappa shape index (κ3) is 4.03. The summed E-state index contributed by atoms with van der Waals surface area (Å²) in [5.41, 5.74) is 3.43. The zero-order valence-electron chi connectivity index (χ0n) is 16.9. The summed E-state index contributed by atoms with van der Waals surface area (Å²) in [6.07, 6.45) is 5.29. The van der Waals surface area contributed by atoms with Crippen molar-refractivity contribution in [3.63, 3.8) is 0 Å². The van der Waals surface area contributed by atoms with Crippen molar-refractivity contribution in [2.75, 3.05) is 7.11 Å². The highest BCUT2D eigenvalue weighted by atomic mass is 16.5. The van der Waals surface area contributed by atoms with E-state index in [0.29, 0.717) is 6.54 Å². The molecule has 7 heteroatoms. The Morgan fingerprint density at radius 1 is 1.18 bits per heavy atom. The van der Waals surface area contributed by atoms with Gasteiger partial charge in [0, 0.05) is 24.5 Å². The largest absolute Gasteiger partial charge is 0.497 e. The molecular weight excluding hydrogens is 354 g/mol. The average molecular weight is 379 g/mol. The van der Waals surface area contributed by atoms with Gasteiger partial charge < -0.3 is 10.1 Å². The molecule has 3 rings (SSSR count). The maximum atomic E-state index is 12.8. The molecule has 146 valence electrons. The van der Waals surface area contributed by atoms with E-state index in [-0.39, 0.29) is 5.91 Å². The van der Waals surface area contributed by atoms with Crippen molar-refractivity contribution >= 4 is 5.91 Å². The molecule has 0 radical (unpaired) electrons. The van der Waals surface area contributed by atoms with Crippen LogP contribution in [0.15, 0.2) is 42.9 Å². The Morgan fingerprint density at radius 2 is 1.89 bits per heavy atom. The Labute approximate surface area is 164 Å². The number of carbonyl (C=O) groups is 1. The number of aromatic nitrogens is 4. The number of benzene rings is 1. The predicted molar refractivity (Wildman–Crippen MR) is 107 cm³/mol. The summed E-state index contributed by atoms with van der Waals surface area (Å²) in [5, 5.41) is 7.38. The molecule has 7 nitrogen and oxygen atoms in total. The van der Waals surface area contributed by atoms with Crippen molar-refractivity contribution < 1.29 is 9.53 Å². The number of methoxy groups -OCH3 is 1. The molecule has 2 heterocycles. The topological polar surface area (TPSA) is 81.9 Å². The molecule has 0 atom stereocenters. The van der Waals surface area contributed by atoms with Gasteiger partial charge in [-0.05, 0) is 45.4 Å². The lowest BCUT2D eigenvalue weighted by atomic mass is 10.0. The van der Waals surface area contributed by atoms with E-state index in [1.54, 1.807) is 24.2 Å². The first kappa shape index (κ1) is 19.5. The van der Waals surface area contributed by atoms with Gasteiger partial charge in [0.25, 0.3) is 0 Å². The molecule has 0 fully saturated rings. The van der Waals surface area contributed by atoms with E-state index >= 15 is 0 Å². The molecule has 0 unspecified atom stereocenters. The van der Waals surface area contributed by atoms with Crippen molar-refractivity contribution in [2.24, 2.45) is 0 Å². The standard InChI is InChI=1S/C21H25N5O2/c1-14-10-22-15(2)19(25-14)17-12-24-26(13-17)21(3,4)20(27)23-11-16-6-8-18(28-5)9-7-16/h6-10,12-13H,11H2,1-5H3,(H,23,27). The van der Waals surface area contributed by atoms with E-state index in [1.807, 2.05) is 58.2 Å². The van der Waals surface area contributed by atoms with Crippen LogP contribution >= 0.6 is 0 Å². The van der Waals surface area contributed by atoms with Gasteiger partial charge >= 0.3 is 0 Å². The van der Waals surface area contributed by atoms with E-state index in [2.05, 4.69) is 20.4 Å². The van der Waals surface area contributed by atoms with Gasteiger partial charge in [-0.1, -0.05) is 12.1 Å². The Morgan fingerprint density at radius 3 is 2.57 bits per heavy atom. The van der Waals surface area contributed by atoms with Crippen molar-refractivity contribution in [1.29, 1.82) is 0 Å². The van der Waals surface area contributed by atoms with Crippen LogP contribution in [0, 0.1) is 13.8 Å². The quantitative estimate of drug-likeness (QED) is 0.712. The smallest absolute Gasteiger partial charge is 0.247 e. The number of nitrogens with zero attached hydrogens (tertiary/aromatic N) is 4. The molecule has 0 saturated carbocycles. The lowest BCUT2D eigenvalue weighted by Gasteiger charge is -2.24. The van der Waals surface area contributed by atoms with Gasteiger partial charge in [0.1, 0.15) is 11.3 Å². The Bertz CT molecular complexity index is 977. The monoisotopic (exact) mass is 379 g/mol. The molecule has 3 aromatic rings. The lowest BCUT2D eigenvalue weighted by Crippen LogP contribution is -2.44. The molecule has 1 aromatic carbocycles. The molecule has 28 heavy (non-hydrogen) atoms. The van der Waals surface area contributed by atoms with Gasteiger partial charge in [-0.15, -0.1) is 0 Å². The maximum Gasteiger partial charge on any atom is 0.247 e. The summed E-state index contributed by atoms with van der Waals surface area (Å²) in [7, 11) is 1.63. The van der Waals surface area contributed by atoms with Crippen LogP contribution < -0.4 is 10.1 Å². The minimum atomic E-state index is -0.851. The van der Waals surface area contributed by atoms with Gasteiger partial charge in [-0.3, -0.25) is 14.5 Å². The molecule has 0 aliphatic carbocycles. The second kappa shape index (κ2) is 7.80. The molecule has 0 aliphatic heterocycles. The Hall–Kier alpha value is -3.22. The van der Waals surface area contributed by atoms with Gasteiger partial charge in [0.2, 0.25) is 5.91 Å². The number of ether oxygens (including phenoxy) is 1. The van der Waals surface area contributed by atoms with Crippen LogP contribution in [0.4, 0.5) is 0 Å². The molecule has 1 N–H and O–H groups in total. The second-order valence-corrected chi connectivity index (χ2v) is 7.21. The van der Waals surface area contributed by atoms with Crippen molar-refractivity contribution in [2.45, 2.75) is 39.8 Å². The first-order valence-corrected chi connectivity index (χ1v) is 9.08. The number of hydrogen-bond donors (Lipinski definition) is 1. The number of carbonyl (C=O) groups excluding carboxylic acids is 1. The molecule has 1 amide bonds. The van der Waals surface area contributed by atoms with Crippen LogP contribution in [-0.4, -0.2) is 32.8 Å². The molecule has 0 aliphatic rings. The number of nitrogens with one attached hydrogen (secondary N) is 1. The third-order valence-corrected chi connectivity index (χ3v) is 4.67. The summed E-state index contributed by atoms with van der Waals surface area (Å²) >= 11 is 0. The number of rotatable bonds is 6. The van der Waals surface area contributed by atoms with Crippen LogP contribution in [0.2, 0.25) is 0 Å². The zero-order chi connectivity index (χ0) is 20.3. The van der Waals surface area contributed by atoms with Crippen LogP contribution in [0.1, 0.15) is 30.8 Å². The first-order valence-electron chi connectivity index (χ1n) is 9.08. The van der Waals surface area contributed by atoms with E-state index in [4.69, 9.17) is 4.74 Å². The fraction of sp³-hybridized carbons (Fsp3) is 0.333. The second-order valence-electron chi connectivity index (χ2n) is 7.21. The zero-order valence-corrected chi connectivity index (χ0v) is 16.9. The van der Waals surface area contributed by atoms with Gasteiger partial charge in [0.05, 0.1) is 30.4 Å². The molecular formula is C21H25N5O2. The predicted octanol–water partition coefficient (Wildman–Crippen LogP) is 3.02. The van der Waals surface area contributed by atoms with E-state index in [9.17, 15) is 4.79 Å². The highest BCUT2D eigenvalue weighted by molar-refractivity contribution is 5.83. The van der Waals surface area contributed by atoms with Crippen molar-refractivity contribution in [3.8, 4) is 17.0 Å². The number of aryl methyl sites for hydroxylation is 2. The minimum absolute atomic E-state index is 0.120. The van der Waals surface area contributed by atoms with Crippen LogP contribution in [0.25, 0.3) is 11.3 Å². The highest BCUT2D eigenvalue weighted by Crippen LogP contribution is 2.23. The number of hydrogen-bond acceptors (Lipinski definition) is 5. The fourth-order valence-corrected chi connectivity index (χ4v) is 2.81. The molecule has 2 aromatic heterocycles. The summed E-state index contributed by atoms with van der Waals surface area (Å²) in [6.45, 7) is 7.91. The normalized spacial score (nSPS) is 11.3. The molecule has 0 spiro atoms. The minimum Gasteiger partial charge on any atom is -0.497 e. The van der Waals surface area contributed by atoms with Crippen LogP contribution in [0.3, 0.4) is 0 Å². The Balaban J connectivity index is 1.73. The summed E-state index contributed by atoms with van der Waals surface area (Å²) in [6, 6.07) is 7.60. The molecule has 0 bridgehead atoms. The van der Waals surface area contributed by atoms with Gasteiger partial charge in [-0.25, -0.2) is 4.98 Å². The van der Waals surface area contributed by atoms with E-state index in [1.165, 1.54) is 0 Å². The van der Waals surface area contributed by atoms with Crippen LogP contribution in [-0.2, 0) is 16.9 Å². The number of amides is 1. The van der Waals surface area contributed by atoms with E-state index in [0.717, 1.165) is 34.0 Å². The third-order valence-electron chi connectivity index (χ3n) is 4.67. The van der Waals surface area contributed by atoms with Crippen LogP contribution in [0.5, 0.6) is 5.75 Å². The van der Waals surface area contributed by atoms with Crippen molar-refractivity contribution in [1.82, 2.24) is 25.1 Å². The summed E-state index contributed by atoms with van der Waals surface area (Å²) in [4.78, 5) is 21.7. The first-order chi connectivity index (χ1) is 13.3. The maximum absolute atomic E-state index is 12.8. The Kier molecular flexibility index (Phi) is 5.44. The fourth-order valence-electron chi connectivity index (χ4n) is 2.81. The summed E-state index contributed by atoms with van der Waals surface area (Å²) < 4.78 is 6.81. The van der Waals surface area contributed by atoms with Crippen molar-refractivity contribution in [3.05, 3.63) is 59.8 Å².